The molecule has 2 atom stereocenters. The van der Waals surface area contributed by atoms with Crippen molar-refractivity contribution in [2.45, 2.75) is 31.3 Å². The van der Waals surface area contributed by atoms with E-state index in [0.29, 0.717) is 23.6 Å². The number of carboxylic acid groups (broad SMARTS) is 1. The van der Waals surface area contributed by atoms with Gasteiger partial charge in [-0.2, -0.15) is 0 Å². The number of pyridine rings is 1. The summed E-state index contributed by atoms with van der Waals surface area (Å²) < 4.78 is 5.52. The summed E-state index contributed by atoms with van der Waals surface area (Å²) in [6, 6.07) is 10.6. The Balaban J connectivity index is 2.03. The number of hydrogen-bond acceptors (Lipinski definition) is 4. The molecule has 0 saturated carbocycles. The van der Waals surface area contributed by atoms with Crippen molar-refractivity contribution in [3.8, 4) is 5.75 Å². The summed E-state index contributed by atoms with van der Waals surface area (Å²) in [6.07, 6.45) is 3.86. The topological polar surface area (TPSA) is 62.7 Å². The zero-order chi connectivity index (χ0) is 17.8. The van der Waals surface area contributed by atoms with E-state index in [1.807, 2.05) is 35.2 Å². The molecule has 1 fully saturated rings. The number of hydrogen-bond donors (Lipinski definition) is 1. The fraction of sp³-hybridized carbons (Fsp3) is 0.368. The molecule has 25 heavy (non-hydrogen) atoms. The number of nitrogens with zero attached hydrogens (tertiary/aromatic N) is 2. The zero-order valence-electron chi connectivity index (χ0n) is 14.1. The summed E-state index contributed by atoms with van der Waals surface area (Å²) in [5.41, 5.74) is 1.80. The predicted octanol–water partition coefficient (Wildman–Crippen LogP) is 3.58. The van der Waals surface area contributed by atoms with Crippen LogP contribution in [0.1, 0.15) is 30.1 Å². The third kappa shape index (κ3) is 3.94. The van der Waals surface area contributed by atoms with Crippen LogP contribution in [0.4, 0.5) is 0 Å². The van der Waals surface area contributed by atoms with E-state index in [2.05, 4.69) is 4.98 Å². The first-order chi connectivity index (χ1) is 12.1. The van der Waals surface area contributed by atoms with Crippen LogP contribution in [0.2, 0.25) is 5.02 Å². The van der Waals surface area contributed by atoms with Crippen molar-refractivity contribution in [2.24, 2.45) is 0 Å². The maximum absolute atomic E-state index is 11.7. The molecule has 0 amide bonds. The van der Waals surface area contributed by atoms with Gasteiger partial charge in [-0.15, -0.1) is 0 Å². The van der Waals surface area contributed by atoms with Crippen molar-refractivity contribution in [1.82, 2.24) is 9.88 Å². The van der Waals surface area contributed by atoms with Crippen LogP contribution in [0.3, 0.4) is 0 Å². The normalized spacial score (nSPS) is 18.9. The van der Waals surface area contributed by atoms with Crippen LogP contribution < -0.4 is 4.74 Å². The number of rotatable bonds is 6. The van der Waals surface area contributed by atoms with Crippen molar-refractivity contribution >= 4 is 17.6 Å². The van der Waals surface area contributed by atoms with Gasteiger partial charge in [-0.05, 0) is 49.7 Å². The SMILES string of the molecule is COc1ccc(Cl)cc1C(Cc1ccccn1)N1CCCC1C(=O)O. The zero-order valence-corrected chi connectivity index (χ0v) is 14.8. The van der Waals surface area contributed by atoms with Crippen molar-refractivity contribution in [3.63, 3.8) is 0 Å². The molecule has 1 N–H and O–H groups in total. The number of carboxylic acids is 1. The van der Waals surface area contributed by atoms with E-state index in [1.165, 1.54) is 0 Å². The summed E-state index contributed by atoms with van der Waals surface area (Å²) in [5, 5.41) is 10.2. The molecular formula is C19H21ClN2O3. The van der Waals surface area contributed by atoms with Gasteiger partial charge in [0.25, 0.3) is 0 Å². The maximum Gasteiger partial charge on any atom is 0.320 e. The lowest BCUT2D eigenvalue weighted by atomic mass is 9.98. The molecule has 1 aromatic carbocycles. The van der Waals surface area contributed by atoms with Crippen LogP contribution in [0.15, 0.2) is 42.6 Å². The van der Waals surface area contributed by atoms with Gasteiger partial charge >= 0.3 is 5.97 Å². The van der Waals surface area contributed by atoms with E-state index in [-0.39, 0.29) is 6.04 Å². The van der Waals surface area contributed by atoms with Crippen LogP contribution >= 0.6 is 11.6 Å². The molecule has 2 aromatic rings. The summed E-state index contributed by atoms with van der Waals surface area (Å²) in [5.74, 6) is -0.0779. The van der Waals surface area contributed by atoms with E-state index < -0.39 is 12.0 Å². The summed E-state index contributed by atoms with van der Waals surface area (Å²) in [7, 11) is 1.61. The van der Waals surface area contributed by atoms with E-state index in [4.69, 9.17) is 16.3 Å². The highest BCUT2D eigenvalue weighted by atomic mass is 35.5. The van der Waals surface area contributed by atoms with Gasteiger partial charge in [0.05, 0.1) is 7.11 Å². The molecule has 0 radical (unpaired) electrons. The molecule has 0 spiro atoms. The Bertz CT molecular complexity index is 739. The minimum Gasteiger partial charge on any atom is -0.496 e. The van der Waals surface area contributed by atoms with Crippen LogP contribution in [-0.4, -0.2) is 40.7 Å². The van der Waals surface area contributed by atoms with E-state index in [1.54, 1.807) is 19.4 Å². The highest BCUT2D eigenvalue weighted by Gasteiger charge is 2.37. The van der Waals surface area contributed by atoms with Gasteiger partial charge in [0.1, 0.15) is 11.8 Å². The second kappa shape index (κ2) is 7.85. The van der Waals surface area contributed by atoms with Gasteiger partial charge in [-0.3, -0.25) is 14.7 Å². The molecule has 1 aliphatic heterocycles. The number of carbonyl (C=O) groups is 1. The predicted molar refractivity (Wildman–Crippen MR) is 96.0 cm³/mol. The molecule has 0 aliphatic carbocycles. The molecule has 6 heteroatoms. The van der Waals surface area contributed by atoms with Gasteiger partial charge in [0.2, 0.25) is 0 Å². The third-order valence-corrected chi connectivity index (χ3v) is 4.89. The molecule has 1 aliphatic rings. The summed E-state index contributed by atoms with van der Waals surface area (Å²) in [6.45, 7) is 0.726. The molecular weight excluding hydrogens is 340 g/mol. The number of methoxy groups -OCH3 is 1. The van der Waals surface area contributed by atoms with E-state index in [0.717, 1.165) is 24.2 Å². The Kier molecular flexibility index (Phi) is 5.56. The van der Waals surface area contributed by atoms with Crippen molar-refractivity contribution in [2.75, 3.05) is 13.7 Å². The second-order valence-corrected chi connectivity index (χ2v) is 6.60. The molecule has 1 aromatic heterocycles. The van der Waals surface area contributed by atoms with Gasteiger partial charge in [0, 0.05) is 34.9 Å². The number of ether oxygens (including phenoxy) is 1. The number of aromatic nitrogens is 1. The third-order valence-electron chi connectivity index (χ3n) is 4.66. The summed E-state index contributed by atoms with van der Waals surface area (Å²) >= 11 is 6.22. The number of aliphatic carboxylic acids is 1. The Hall–Kier alpha value is -2.11. The molecule has 0 bridgehead atoms. The minimum atomic E-state index is -0.787. The fourth-order valence-corrected chi connectivity index (χ4v) is 3.70. The van der Waals surface area contributed by atoms with Gasteiger partial charge in [-0.1, -0.05) is 17.7 Å². The largest absolute Gasteiger partial charge is 0.496 e. The van der Waals surface area contributed by atoms with Crippen molar-refractivity contribution < 1.29 is 14.6 Å². The van der Waals surface area contributed by atoms with Crippen LogP contribution in [0.25, 0.3) is 0 Å². The van der Waals surface area contributed by atoms with Crippen molar-refractivity contribution in [3.05, 3.63) is 58.9 Å². The second-order valence-electron chi connectivity index (χ2n) is 6.16. The molecule has 3 rings (SSSR count). The lowest BCUT2D eigenvalue weighted by Crippen LogP contribution is -2.39. The number of halogens is 1. The van der Waals surface area contributed by atoms with E-state index >= 15 is 0 Å². The number of likely N-dealkylation sites (tertiary alicyclic amines) is 1. The van der Waals surface area contributed by atoms with Crippen LogP contribution in [0, 0.1) is 0 Å². The quantitative estimate of drug-likeness (QED) is 0.853. The highest BCUT2D eigenvalue weighted by Crippen LogP contribution is 2.37. The van der Waals surface area contributed by atoms with Gasteiger partial charge in [0.15, 0.2) is 0 Å². The van der Waals surface area contributed by atoms with Gasteiger partial charge in [-0.25, -0.2) is 0 Å². The lowest BCUT2D eigenvalue weighted by molar-refractivity contribution is -0.143. The Morgan fingerprint density at radius 2 is 2.28 bits per heavy atom. The van der Waals surface area contributed by atoms with Crippen LogP contribution in [-0.2, 0) is 11.2 Å². The summed E-state index contributed by atoms with van der Waals surface area (Å²) in [4.78, 5) is 18.2. The Labute approximate surface area is 152 Å². The molecule has 2 heterocycles. The van der Waals surface area contributed by atoms with Gasteiger partial charge < -0.3 is 9.84 Å². The average Bonchev–Trinajstić information content (AvgIpc) is 3.10. The average molecular weight is 361 g/mol. The number of benzene rings is 1. The van der Waals surface area contributed by atoms with E-state index in [9.17, 15) is 9.90 Å². The fourth-order valence-electron chi connectivity index (χ4n) is 3.52. The Morgan fingerprint density at radius 3 is 2.96 bits per heavy atom. The standard InChI is InChI=1S/C19H21ClN2O3/c1-25-18-8-7-13(20)11-15(18)17(12-14-5-2-3-9-21-14)22-10-4-6-16(22)19(23)24/h2-3,5,7-9,11,16-17H,4,6,10,12H2,1H3,(H,23,24). The minimum absolute atomic E-state index is 0.160. The first-order valence-electron chi connectivity index (χ1n) is 8.32. The molecule has 132 valence electrons. The van der Waals surface area contributed by atoms with Crippen molar-refractivity contribution in [1.29, 1.82) is 0 Å². The molecule has 2 unspecified atom stereocenters. The maximum atomic E-state index is 11.7. The molecule has 5 nitrogen and oxygen atoms in total. The van der Waals surface area contributed by atoms with Crippen LogP contribution in [0.5, 0.6) is 5.75 Å². The highest BCUT2D eigenvalue weighted by molar-refractivity contribution is 6.30. The first-order valence-corrected chi connectivity index (χ1v) is 8.70. The Morgan fingerprint density at radius 1 is 1.44 bits per heavy atom. The monoisotopic (exact) mass is 360 g/mol. The molecule has 1 saturated heterocycles. The smallest absolute Gasteiger partial charge is 0.320 e. The first kappa shape index (κ1) is 17.7. The lowest BCUT2D eigenvalue weighted by Gasteiger charge is -2.32.